The van der Waals surface area contributed by atoms with E-state index in [9.17, 15) is 18.0 Å². The molecule has 0 saturated heterocycles. The first-order valence-corrected chi connectivity index (χ1v) is 5.42. The van der Waals surface area contributed by atoms with E-state index in [2.05, 4.69) is 5.32 Å². The second kappa shape index (κ2) is 5.71. The Kier molecular flexibility index (Phi) is 4.51. The van der Waals surface area contributed by atoms with Crippen molar-refractivity contribution in [2.75, 3.05) is 11.9 Å². The van der Waals surface area contributed by atoms with Gasteiger partial charge in [-0.3, -0.25) is 4.79 Å². The van der Waals surface area contributed by atoms with Crippen LogP contribution in [0.3, 0.4) is 0 Å². The Morgan fingerprint density at radius 3 is 2.63 bits per heavy atom. The van der Waals surface area contributed by atoms with Crippen molar-refractivity contribution in [1.29, 1.82) is 5.26 Å². The molecule has 0 aromatic heterocycles. The molecule has 7 heteroatoms. The van der Waals surface area contributed by atoms with Crippen LogP contribution in [-0.2, 0) is 11.0 Å². The molecule has 0 aliphatic heterocycles. The lowest BCUT2D eigenvalue weighted by Gasteiger charge is -2.13. The number of amides is 1. The van der Waals surface area contributed by atoms with E-state index in [1.807, 2.05) is 0 Å². The van der Waals surface area contributed by atoms with Crippen LogP contribution < -0.4 is 11.1 Å². The molecule has 102 valence electrons. The largest absolute Gasteiger partial charge is 0.416 e. The van der Waals surface area contributed by atoms with Crippen LogP contribution >= 0.6 is 0 Å². The Morgan fingerprint density at radius 2 is 2.16 bits per heavy atom. The van der Waals surface area contributed by atoms with E-state index in [1.54, 1.807) is 13.0 Å². The van der Waals surface area contributed by atoms with Gasteiger partial charge in [0.2, 0.25) is 5.91 Å². The van der Waals surface area contributed by atoms with E-state index in [-0.39, 0.29) is 17.8 Å². The summed E-state index contributed by atoms with van der Waals surface area (Å²) in [5, 5.41) is 11.2. The Balaban J connectivity index is 3.05. The normalized spacial score (nSPS) is 12.6. The van der Waals surface area contributed by atoms with E-state index >= 15 is 0 Å². The summed E-state index contributed by atoms with van der Waals surface area (Å²) in [4.78, 5) is 11.6. The Morgan fingerprint density at radius 1 is 1.53 bits per heavy atom. The first kappa shape index (κ1) is 15.0. The first-order chi connectivity index (χ1) is 8.79. The predicted octanol–water partition coefficient (Wildman–Crippen LogP) is 2.11. The predicted molar refractivity (Wildman–Crippen MR) is 63.0 cm³/mol. The molecule has 1 unspecified atom stereocenters. The zero-order chi connectivity index (χ0) is 14.6. The first-order valence-electron chi connectivity index (χ1n) is 5.42. The van der Waals surface area contributed by atoms with Gasteiger partial charge in [-0.1, -0.05) is 6.92 Å². The molecule has 3 N–H and O–H groups in total. The third-order valence-corrected chi connectivity index (χ3v) is 2.53. The van der Waals surface area contributed by atoms with Crippen molar-refractivity contribution in [1.82, 2.24) is 0 Å². The average molecular weight is 271 g/mol. The molecule has 1 rings (SSSR count). The maximum absolute atomic E-state index is 12.5. The zero-order valence-electron chi connectivity index (χ0n) is 10.1. The molecule has 0 bridgehead atoms. The van der Waals surface area contributed by atoms with Crippen molar-refractivity contribution in [3.63, 3.8) is 0 Å². The summed E-state index contributed by atoms with van der Waals surface area (Å²) >= 11 is 0. The minimum absolute atomic E-state index is 0.0424. The summed E-state index contributed by atoms with van der Waals surface area (Å²) in [5.41, 5.74) is 4.17. The molecule has 19 heavy (non-hydrogen) atoms. The molecule has 0 heterocycles. The maximum Gasteiger partial charge on any atom is 0.416 e. The molecule has 0 spiro atoms. The molecule has 0 aliphatic rings. The van der Waals surface area contributed by atoms with Crippen LogP contribution in [0.15, 0.2) is 18.2 Å². The van der Waals surface area contributed by atoms with Crippen LogP contribution in [0.25, 0.3) is 0 Å². The topological polar surface area (TPSA) is 78.9 Å². The molecular weight excluding hydrogens is 259 g/mol. The van der Waals surface area contributed by atoms with Gasteiger partial charge in [0.05, 0.1) is 16.8 Å². The average Bonchev–Trinajstić information content (AvgIpc) is 2.36. The number of nitrogens with two attached hydrogens (primary N) is 1. The fourth-order valence-electron chi connectivity index (χ4n) is 1.29. The van der Waals surface area contributed by atoms with E-state index in [4.69, 9.17) is 11.0 Å². The number of carbonyl (C=O) groups is 1. The molecule has 0 radical (unpaired) electrons. The summed E-state index contributed by atoms with van der Waals surface area (Å²) < 4.78 is 37.4. The van der Waals surface area contributed by atoms with Gasteiger partial charge in [-0.2, -0.15) is 18.4 Å². The van der Waals surface area contributed by atoms with Gasteiger partial charge in [0.15, 0.2) is 0 Å². The quantitative estimate of drug-likeness (QED) is 0.883. The van der Waals surface area contributed by atoms with Gasteiger partial charge < -0.3 is 11.1 Å². The summed E-state index contributed by atoms with van der Waals surface area (Å²) in [6.07, 6.45) is -4.53. The standard InChI is InChI=1S/C12H12F3N3O/c1-7(5-16)11(19)18-10-3-2-9(12(13,14)15)4-8(10)6-17/h2-4,7H,5,16H2,1H3,(H,18,19). The van der Waals surface area contributed by atoms with Crippen LogP contribution in [0.5, 0.6) is 0 Å². The number of nitrogens with zero attached hydrogens (tertiary/aromatic N) is 1. The Labute approximate surface area is 108 Å². The molecule has 1 atom stereocenters. The molecule has 0 fully saturated rings. The van der Waals surface area contributed by atoms with Crippen molar-refractivity contribution in [3.05, 3.63) is 29.3 Å². The molecule has 1 aromatic carbocycles. The summed E-state index contributed by atoms with van der Waals surface area (Å²) in [7, 11) is 0. The number of hydrogen-bond donors (Lipinski definition) is 2. The number of nitrogens with one attached hydrogen (secondary N) is 1. The summed E-state index contributed by atoms with van der Waals surface area (Å²) in [6.45, 7) is 1.68. The van der Waals surface area contributed by atoms with Gasteiger partial charge in [-0.25, -0.2) is 0 Å². The van der Waals surface area contributed by atoms with Crippen molar-refractivity contribution >= 4 is 11.6 Å². The molecule has 1 amide bonds. The van der Waals surface area contributed by atoms with Crippen LogP contribution in [-0.4, -0.2) is 12.5 Å². The SMILES string of the molecule is CC(CN)C(=O)Nc1ccc(C(F)(F)F)cc1C#N. The van der Waals surface area contributed by atoms with Crippen LogP contribution in [0, 0.1) is 17.2 Å². The molecule has 1 aromatic rings. The second-order valence-electron chi connectivity index (χ2n) is 4.00. The van der Waals surface area contributed by atoms with E-state index in [0.29, 0.717) is 6.07 Å². The number of rotatable bonds is 3. The minimum Gasteiger partial charge on any atom is -0.330 e. The van der Waals surface area contributed by atoms with E-state index in [0.717, 1.165) is 12.1 Å². The third kappa shape index (κ3) is 3.69. The smallest absolute Gasteiger partial charge is 0.330 e. The van der Waals surface area contributed by atoms with Gasteiger partial charge in [0.1, 0.15) is 6.07 Å². The summed E-state index contributed by atoms with van der Waals surface area (Å²) in [5.74, 6) is -0.937. The van der Waals surface area contributed by atoms with Gasteiger partial charge in [-0.15, -0.1) is 0 Å². The highest BCUT2D eigenvalue weighted by atomic mass is 19.4. The van der Waals surface area contributed by atoms with Gasteiger partial charge in [0, 0.05) is 12.5 Å². The summed E-state index contributed by atoms with van der Waals surface area (Å²) in [6, 6.07) is 4.19. The number of hydrogen-bond acceptors (Lipinski definition) is 3. The fraction of sp³-hybridized carbons (Fsp3) is 0.333. The van der Waals surface area contributed by atoms with E-state index in [1.165, 1.54) is 0 Å². The molecule has 0 aliphatic carbocycles. The Hall–Kier alpha value is -2.07. The number of alkyl halides is 3. The van der Waals surface area contributed by atoms with Crippen molar-refractivity contribution in [2.24, 2.45) is 11.7 Å². The van der Waals surface area contributed by atoms with E-state index < -0.39 is 23.6 Å². The highest BCUT2D eigenvalue weighted by Crippen LogP contribution is 2.31. The highest BCUT2D eigenvalue weighted by molar-refractivity contribution is 5.93. The monoisotopic (exact) mass is 271 g/mol. The Bertz CT molecular complexity index is 520. The van der Waals surface area contributed by atoms with Gasteiger partial charge >= 0.3 is 6.18 Å². The fourth-order valence-corrected chi connectivity index (χ4v) is 1.29. The highest BCUT2D eigenvalue weighted by Gasteiger charge is 2.31. The second-order valence-corrected chi connectivity index (χ2v) is 4.00. The number of benzene rings is 1. The van der Waals surface area contributed by atoms with Crippen LogP contribution in [0.4, 0.5) is 18.9 Å². The lowest BCUT2D eigenvalue weighted by Crippen LogP contribution is -2.27. The van der Waals surface area contributed by atoms with Crippen molar-refractivity contribution in [2.45, 2.75) is 13.1 Å². The molecule has 0 saturated carbocycles. The number of halogens is 3. The molecule has 4 nitrogen and oxygen atoms in total. The van der Waals surface area contributed by atoms with Crippen LogP contribution in [0.2, 0.25) is 0 Å². The number of carbonyl (C=O) groups excluding carboxylic acids is 1. The maximum atomic E-state index is 12.5. The van der Waals surface area contributed by atoms with Gasteiger partial charge in [-0.05, 0) is 18.2 Å². The lowest BCUT2D eigenvalue weighted by atomic mass is 10.1. The lowest BCUT2D eigenvalue weighted by molar-refractivity contribution is -0.137. The third-order valence-electron chi connectivity index (χ3n) is 2.53. The van der Waals surface area contributed by atoms with Crippen molar-refractivity contribution in [3.8, 4) is 6.07 Å². The van der Waals surface area contributed by atoms with Crippen LogP contribution in [0.1, 0.15) is 18.1 Å². The minimum atomic E-state index is -4.53. The number of anilines is 1. The zero-order valence-corrected chi connectivity index (χ0v) is 10.1. The molecular formula is C12H12F3N3O. The number of nitriles is 1. The van der Waals surface area contributed by atoms with Crippen molar-refractivity contribution < 1.29 is 18.0 Å². The van der Waals surface area contributed by atoms with Gasteiger partial charge in [0.25, 0.3) is 0 Å².